The second kappa shape index (κ2) is 4.30. The molecule has 112 valence electrons. The minimum Gasteiger partial charge on any atom is -0.468 e. The molecule has 0 aromatic carbocycles. The summed E-state index contributed by atoms with van der Waals surface area (Å²) in [5, 5.41) is 0. The van der Waals surface area contributed by atoms with Gasteiger partial charge in [0.1, 0.15) is 12.3 Å². The fourth-order valence-corrected chi connectivity index (χ4v) is 4.03. The number of amides is 1. The van der Waals surface area contributed by atoms with Crippen molar-refractivity contribution in [2.45, 2.75) is 40.0 Å². The standard InChI is InChI=1S/C15H23NO4/c1-13(2)14(3)6-7-15(13,8-10(14)17)12(19)16(4)9-11(18)20-5/h6-9H2,1-5H3. The lowest BCUT2D eigenvalue weighted by Gasteiger charge is -2.40. The highest BCUT2D eigenvalue weighted by atomic mass is 16.5. The zero-order valence-corrected chi connectivity index (χ0v) is 12.9. The maximum Gasteiger partial charge on any atom is 0.325 e. The molecule has 0 N–H and O–H groups in total. The van der Waals surface area contributed by atoms with Crippen LogP contribution in [0.1, 0.15) is 40.0 Å². The predicted molar refractivity (Wildman–Crippen MR) is 72.8 cm³/mol. The minimum absolute atomic E-state index is 0.0714. The van der Waals surface area contributed by atoms with Crippen molar-refractivity contribution in [2.24, 2.45) is 16.2 Å². The lowest BCUT2D eigenvalue weighted by Crippen LogP contribution is -2.48. The van der Waals surface area contributed by atoms with Gasteiger partial charge in [-0.25, -0.2) is 0 Å². The molecule has 0 aromatic heterocycles. The van der Waals surface area contributed by atoms with Crippen molar-refractivity contribution < 1.29 is 19.1 Å². The highest BCUT2D eigenvalue weighted by molar-refractivity contribution is 6.00. The second-order valence-corrected chi connectivity index (χ2v) is 6.88. The molecule has 2 aliphatic carbocycles. The van der Waals surface area contributed by atoms with Crippen molar-refractivity contribution in [3.63, 3.8) is 0 Å². The van der Waals surface area contributed by atoms with Crippen LogP contribution < -0.4 is 0 Å². The molecule has 0 heterocycles. The van der Waals surface area contributed by atoms with Gasteiger partial charge in [-0.15, -0.1) is 0 Å². The predicted octanol–water partition coefficient (Wildman–Crippen LogP) is 1.40. The van der Waals surface area contributed by atoms with Crippen LogP contribution in [0.25, 0.3) is 0 Å². The molecule has 2 unspecified atom stereocenters. The molecule has 0 spiro atoms. The first-order valence-electron chi connectivity index (χ1n) is 6.98. The third-order valence-corrected chi connectivity index (χ3v) is 6.06. The van der Waals surface area contributed by atoms with E-state index in [-0.39, 0.29) is 23.7 Å². The number of nitrogens with zero attached hydrogens (tertiary/aromatic N) is 1. The van der Waals surface area contributed by atoms with Crippen LogP contribution in [-0.4, -0.2) is 43.3 Å². The maximum atomic E-state index is 12.8. The fraction of sp³-hybridized carbons (Fsp3) is 0.800. The number of hydrogen-bond donors (Lipinski definition) is 0. The topological polar surface area (TPSA) is 63.7 Å². The van der Waals surface area contributed by atoms with Crippen LogP contribution in [-0.2, 0) is 19.1 Å². The van der Waals surface area contributed by atoms with Crippen molar-refractivity contribution >= 4 is 17.7 Å². The van der Waals surface area contributed by atoms with Gasteiger partial charge >= 0.3 is 5.97 Å². The summed E-state index contributed by atoms with van der Waals surface area (Å²) in [4.78, 5) is 37.9. The first-order valence-corrected chi connectivity index (χ1v) is 6.98. The third kappa shape index (κ3) is 1.58. The third-order valence-electron chi connectivity index (χ3n) is 6.06. The van der Waals surface area contributed by atoms with E-state index < -0.39 is 16.8 Å². The van der Waals surface area contributed by atoms with E-state index >= 15 is 0 Å². The van der Waals surface area contributed by atoms with Crippen LogP contribution in [0.4, 0.5) is 0 Å². The van der Waals surface area contributed by atoms with Crippen LogP contribution in [0.2, 0.25) is 0 Å². The molecule has 2 rings (SSSR count). The Labute approximate surface area is 119 Å². The maximum absolute atomic E-state index is 12.8. The molecule has 5 nitrogen and oxygen atoms in total. The molecule has 0 saturated heterocycles. The van der Waals surface area contributed by atoms with Crippen LogP contribution in [0.3, 0.4) is 0 Å². The number of rotatable bonds is 3. The van der Waals surface area contributed by atoms with Gasteiger partial charge in [0.2, 0.25) is 5.91 Å². The molecule has 2 fully saturated rings. The van der Waals surface area contributed by atoms with Crippen molar-refractivity contribution in [2.75, 3.05) is 20.7 Å². The Bertz CT molecular complexity index is 484. The Kier molecular flexibility index (Phi) is 3.23. The van der Waals surface area contributed by atoms with Crippen LogP contribution >= 0.6 is 0 Å². The highest BCUT2D eigenvalue weighted by Crippen LogP contribution is 2.70. The molecule has 2 bridgehead atoms. The lowest BCUT2D eigenvalue weighted by atomic mass is 9.64. The summed E-state index contributed by atoms with van der Waals surface area (Å²) in [6, 6.07) is 0. The summed E-state index contributed by atoms with van der Waals surface area (Å²) in [5.74, 6) is -0.379. The van der Waals surface area contributed by atoms with E-state index in [0.717, 1.165) is 6.42 Å². The fourth-order valence-electron chi connectivity index (χ4n) is 4.03. The quantitative estimate of drug-likeness (QED) is 0.734. The number of ether oxygens (including phenoxy) is 1. The van der Waals surface area contributed by atoms with Crippen molar-refractivity contribution in [1.29, 1.82) is 0 Å². The number of likely N-dealkylation sites (N-methyl/N-ethyl adjacent to an activating group) is 1. The highest BCUT2D eigenvalue weighted by Gasteiger charge is 2.72. The van der Waals surface area contributed by atoms with Crippen LogP contribution in [0.15, 0.2) is 0 Å². The van der Waals surface area contributed by atoms with E-state index in [9.17, 15) is 14.4 Å². The van der Waals surface area contributed by atoms with Crippen LogP contribution in [0.5, 0.6) is 0 Å². The monoisotopic (exact) mass is 281 g/mol. The molecule has 1 amide bonds. The number of fused-ring (bicyclic) bond motifs is 2. The smallest absolute Gasteiger partial charge is 0.325 e. The minimum atomic E-state index is -0.665. The van der Waals surface area contributed by atoms with Gasteiger partial charge in [-0.2, -0.15) is 0 Å². The van der Waals surface area contributed by atoms with E-state index in [2.05, 4.69) is 4.74 Å². The molecule has 20 heavy (non-hydrogen) atoms. The SMILES string of the molecule is COC(=O)CN(C)C(=O)C12CCC(C)(C(=O)C1)C2(C)C. The summed E-state index contributed by atoms with van der Waals surface area (Å²) >= 11 is 0. The number of methoxy groups -OCH3 is 1. The normalized spacial score (nSPS) is 34.1. The van der Waals surface area contributed by atoms with Gasteiger partial charge in [0, 0.05) is 18.9 Å². The number of carbonyl (C=O) groups excluding carboxylic acids is 3. The van der Waals surface area contributed by atoms with E-state index in [0.29, 0.717) is 12.8 Å². The molecule has 0 radical (unpaired) electrons. The first-order chi connectivity index (χ1) is 9.12. The zero-order valence-electron chi connectivity index (χ0n) is 12.9. The van der Waals surface area contributed by atoms with Crippen molar-refractivity contribution in [1.82, 2.24) is 4.90 Å². The molecule has 0 aromatic rings. The molecule has 2 aliphatic rings. The van der Waals surface area contributed by atoms with E-state index in [1.54, 1.807) is 7.05 Å². The molecular weight excluding hydrogens is 258 g/mol. The molecule has 0 aliphatic heterocycles. The average Bonchev–Trinajstić information content (AvgIpc) is 2.67. The van der Waals surface area contributed by atoms with Crippen molar-refractivity contribution in [3.8, 4) is 0 Å². The van der Waals surface area contributed by atoms with Gasteiger partial charge in [-0.1, -0.05) is 20.8 Å². The summed E-state index contributed by atoms with van der Waals surface area (Å²) in [7, 11) is 2.90. The van der Waals surface area contributed by atoms with E-state index in [1.165, 1.54) is 12.0 Å². The van der Waals surface area contributed by atoms with Gasteiger partial charge in [0.25, 0.3) is 0 Å². The molecule has 2 saturated carbocycles. The summed E-state index contributed by atoms with van der Waals surface area (Å²) in [5.41, 5.74) is -1.46. The zero-order chi connectivity index (χ0) is 15.3. The Hall–Kier alpha value is -1.39. The van der Waals surface area contributed by atoms with Gasteiger partial charge in [-0.3, -0.25) is 14.4 Å². The largest absolute Gasteiger partial charge is 0.468 e. The summed E-state index contributed by atoms with van der Waals surface area (Å²) in [6.45, 7) is 5.92. The van der Waals surface area contributed by atoms with Gasteiger partial charge in [0.05, 0.1) is 12.5 Å². The van der Waals surface area contributed by atoms with Gasteiger partial charge in [-0.05, 0) is 18.3 Å². The lowest BCUT2D eigenvalue weighted by molar-refractivity contribution is -0.153. The first kappa shape index (κ1) is 15.0. The molecule has 2 atom stereocenters. The van der Waals surface area contributed by atoms with Crippen LogP contribution in [0, 0.1) is 16.2 Å². The number of hydrogen-bond acceptors (Lipinski definition) is 4. The number of carbonyl (C=O) groups is 3. The number of ketones is 1. The Morgan fingerprint density at radius 3 is 2.25 bits per heavy atom. The van der Waals surface area contributed by atoms with Crippen molar-refractivity contribution in [3.05, 3.63) is 0 Å². The number of Topliss-reactive ketones (excluding diaryl/α,β-unsaturated/α-hetero) is 1. The Morgan fingerprint density at radius 1 is 1.25 bits per heavy atom. The molecular formula is C15H23NO4. The van der Waals surface area contributed by atoms with E-state index in [4.69, 9.17) is 0 Å². The Balaban J connectivity index is 2.30. The summed E-state index contributed by atoms with van der Waals surface area (Å²) < 4.78 is 4.60. The van der Waals surface area contributed by atoms with Gasteiger partial charge < -0.3 is 9.64 Å². The molecule has 5 heteroatoms. The Morgan fingerprint density at radius 2 is 1.85 bits per heavy atom. The summed E-state index contributed by atoms with van der Waals surface area (Å²) in [6.07, 6.45) is 1.75. The second-order valence-electron chi connectivity index (χ2n) is 6.88. The van der Waals surface area contributed by atoms with E-state index in [1.807, 2.05) is 20.8 Å². The van der Waals surface area contributed by atoms with Gasteiger partial charge in [0.15, 0.2) is 0 Å². The number of esters is 1. The average molecular weight is 281 g/mol.